The van der Waals surface area contributed by atoms with Crippen LogP contribution < -0.4 is 0 Å². The molecule has 10 aromatic rings. The summed E-state index contributed by atoms with van der Waals surface area (Å²) in [4.78, 5) is 9.50. The van der Waals surface area contributed by atoms with Gasteiger partial charge in [-0.05, 0) is 129 Å². The number of nitrogens with zero attached hydrogens (tertiary/aromatic N) is 2. The quantitative estimate of drug-likeness (QED) is 0.0296. The third kappa shape index (κ3) is 21.4. The normalized spacial score (nSPS) is 12.8. The molecule has 4 nitrogen and oxygen atoms in total. The van der Waals surface area contributed by atoms with E-state index in [4.69, 9.17) is 9.97 Å². The van der Waals surface area contributed by atoms with Gasteiger partial charge in [-0.25, -0.2) is 0 Å². The minimum Gasteiger partial charge on any atom is -0.508 e. The summed E-state index contributed by atoms with van der Waals surface area (Å²) >= 11 is 0. The minimum atomic E-state index is -0.0181. The Bertz CT molecular complexity index is 3850. The SMILES string of the molecule is CCCCCCCCCCC1(CCCCCCCCCC)c2cc(-c3ccccn3)[c-]cc2-c2ccc(-c3ccc(-c4ccc(O)cc4)cc3)cc21.CCCCCCCCCCC1(CCCCCCCCCC)c2cc(-c3ccccn3)[c-]cc2-c2ccc(-c3ccc(-c4ccc(O)cc4)cc3)cc21.[Pt+2]. The molecule has 2 aliphatic rings. The van der Waals surface area contributed by atoms with Crippen molar-refractivity contribution in [3.8, 4) is 101 Å². The zero-order chi connectivity index (χ0) is 72.0. The Morgan fingerprint density at radius 3 is 0.790 bits per heavy atom. The molecule has 2 aromatic heterocycles. The molecule has 2 N–H and O–H groups in total. The Hall–Kier alpha value is -7.65. The van der Waals surface area contributed by atoms with E-state index in [2.05, 4.69) is 173 Å². The van der Waals surface area contributed by atoms with E-state index in [0.29, 0.717) is 11.5 Å². The van der Waals surface area contributed by atoms with Gasteiger partial charge in [-0.3, -0.25) is 0 Å². The van der Waals surface area contributed by atoms with Crippen LogP contribution >= 0.6 is 0 Å². The number of unbranched alkanes of at least 4 members (excludes halogenated alkanes) is 28. The van der Waals surface area contributed by atoms with E-state index in [1.54, 1.807) is 24.3 Å². The molecule has 0 fully saturated rings. The van der Waals surface area contributed by atoms with Crippen molar-refractivity contribution in [3.05, 3.63) is 241 Å². The number of aromatic hydroxyl groups is 2. The first-order chi connectivity index (χ1) is 51.2. The van der Waals surface area contributed by atoms with Crippen molar-refractivity contribution in [2.75, 3.05) is 0 Å². The van der Waals surface area contributed by atoms with Crippen molar-refractivity contribution < 1.29 is 31.3 Å². The van der Waals surface area contributed by atoms with Crippen LogP contribution in [0.4, 0.5) is 0 Å². The van der Waals surface area contributed by atoms with Gasteiger partial charge in [-0.2, -0.15) is 0 Å². The maximum absolute atomic E-state index is 9.79. The minimum absolute atomic E-state index is 0. The first-order valence-electron chi connectivity index (χ1n) is 41.3. The van der Waals surface area contributed by atoms with Gasteiger partial charge in [0.1, 0.15) is 11.5 Å². The summed E-state index contributed by atoms with van der Waals surface area (Å²) in [6, 6.07) is 76.6. The van der Waals surface area contributed by atoms with E-state index in [9.17, 15) is 10.2 Å². The molecule has 0 spiro atoms. The van der Waals surface area contributed by atoms with Crippen LogP contribution in [0.1, 0.15) is 281 Å². The molecule has 8 aromatic carbocycles. The number of benzene rings is 8. The summed E-state index contributed by atoms with van der Waals surface area (Å²) in [5, 5.41) is 19.6. The summed E-state index contributed by atoms with van der Waals surface area (Å²) < 4.78 is 0. The molecule has 0 unspecified atom stereocenters. The summed E-state index contributed by atoms with van der Waals surface area (Å²) in [5.74, 6) is 0.596. The second-order valence-corrected chi connectivity index (χ2v) is 30.6. The standard InChI is InChI=1S/2C50H60NO.Pt/c2*1-3-5-7-9-11-13-15-18-34-50(35-19-16-14-12-10-8-6-4-2)47-37-42(41-24-22-39(23-25-41)40-26-30-44(52)31-27-40)28-32-45(47)46-33-29-43(38-48(46)50)49-21-17-20-36-51-49;/h2*17,20-28,30-33,36-38,52H,3-16,18-19,34-35H2,1-2H3;/q2*-1;+2. The fourth-order valence-electron chi connectivity index (χ4n) is 17.1. The van der Waals surface area contributed by atoms with Crippen LogP contribution in [-0.4, -0.2) is 20.2 Å². The molecule has 0 saturated carbocycles. The third-order valence-electron chi connectivity index (χ3n) is 23.1. The molecule has 0 radical (unpaired) electrons. The summed E-state index contributed by atoms with van der Waals surface area (Å²) in [6.07, 6.45) is 51.3. The Morgan fingerprint density at radius 2 is 0.514 bits per heavy atom. The van der Waals surface area contributed by atoms with Crippen LogP contribution in [0.2, 0.25) is 0 Å². The summed E-state index contributed by atoms with van der Waals surface area (Å²) in [6.45, 7) is 9.22. The predicted molar refractivity (Wildman–Crippen MR) is 443 cm³/mol. The molecule has 0 saturated heterocycles. The number of phenolic OH excluding ortho intramolecular Hbond substituents is 2. The molecule has 2 heterocycles. The fraction of sp³-hybridized carbons (Fsp3) is 0.420. The Kier molecular flexibility index (Phi) is 32.0. The van der Waals surface area contributed by atoms with Crippen LogP contribution in [-0.2, 0) is 31.9 Å². The van der Waals surface area contributed by atoms with Crippen LogP contribution in [0.3, 0.4) is 0 Å². The van der Waals surface area contributed by atoms with Gasteiger partial charge in [0, 0.05) is 23.2 Å². The number of phenols is 2. The van der Waals surface area contributed by atoms with Gasteiger partial charge in [0.05, 0.1) is 0 Å². The second-order valence-electron chi connectivity index (χ2n) is 30.6. The molecule has 5 heteroatoms. The van der Waals surface area contributed by atoms with Gasteiger partial charge in [0.25, 0.3) is 0 Å². The smallest absolute Gasteiger partial charge is 0.508 e. The van der Waals surface area contributed by atoms with Crippen molar-refractivity contribution in [2.24, 2.45) is 0 Å². The average Bonchev–Trinajstić information content (AvgIpc) is 1.57. The Morgan fingerprint density at radius 1 is 0.267 bits per heavy atom. The molecule has 0 aliphatic heterocycles. The number of hydrogen-bond acceptors (Lipinski definition) is 4. The zero-order valence-electron chi connectivity index (χ0n) is 64.2. The van der Waals surface area contributed by atoms with E-state index in [1.165, 1.54) is 298 Å². The number of hydrogen-bond donors (Lipinski definition) is 2. The average molecular weight is 1580 g/mol. The van der Waals surface area contributed by atoms with Crippen LogP contribution in [0.5, 0.6) is 11.5 Å². The molecule has 0 amide bonds. The van der Waals surface area contributed by atoms with E-state index in [0.717, 1.165) is 44.8 Å². The zero-order valence-corrected chi connectivity index (χ0v) is 66.5. The van der Waals surface area contributed by atoms with E-state index < -0.39 is 0 Å². The predicted octanol–water partition coefficient (Wildman–Crippen LogP) is 29.8. The first kappa shape index (κ1) is 79.9. The van der Waals surface area contributed by atoms with Gasteiger partial charge in [0.2, 0.25) is 0 Å². The molecule has 2 aliphatic carbocycles. The van der Waals surface area contributed by atoms with Crippen molar-refractivity contribution in [1.29, 1.82) is 0 Å². The Labute approximate surface area is 648 Å². The van der Waals surface area contributed by atoms with Crippen LogP contribution in [0.15, 0.2) is 207 Å². The largest absolute Gasteiger partial charge is 2.00 e. The number of fused-ring (bicyclic) bond motifs is 6. The topological polar surface area (TPSA) is 66.2 Å². The van der Waals surface area contributed by atoms with Crippen LogP contribution in [0.25, 0.3) is 89.3 Å². The first-order valence-corrected chi connectivity index (χ1v) is 41.3. The molecular weight excluding hydrogens is 1460 g/mol. The van der Waals surface area contributed by atoms with Gasteiger partial charge in [-0.15, -0.1) is 58.7 Å². The van der Waals surface area contributed by atoms with Crippen LogP contribution in [0, 0.1) is 12.1 Å². The second kappa shape index (κ2) is 42.0. The maximum Gasteiger partial charge on any atom is 2.00 e. The van der Waals surface area contributed by atoms with E-state index in [1.807, 2.05) is 48.8 Å². The van der Waals surface area contributed by atoms with Crippen molar-refractivity contribution in [1.82, 2.24) is 9.97 Å². The number of rotatable bonds is 42. The van der Waals surface area contributed by atoms with Gasteiger partial charge in [0.15, 0.2) is 0 Å². The number of pyridine rings is 2. The van der Waals surface area contributed by atoms with E-state index in [-0.39, 0.29) is 31.9 Å². The van der Waals surface area contributed by atoms with Gasteiger partial charge < -0.3 is 20.2 Å². The molecule has 12 rings (SSSR count). The van der Waals surface area contributed by atoms with E-state index >= 15 is 0 Å². The molecule has 0 bridgehead atoms. The molecular formula is C100H120N2O2Pt. The van der Waals surface area contributed by atoms with Crippen molar-refractivity contribution in [3.63, 3.8) is 0 Å². The van der Waals surface area contributed by atoms with Gasteiger partial charge in [-0.1, -0.05) is 389 Å². The fourth-order valence-corrected chi connectivity index (χ4v) is 17.1. The van der Waals surface area contributed by atoms with Crippen molar-refractivity contribution >= 4 is 0 Å². The third-order valence-corrected chi connectivity index (χ3v) is 23.1. The summed E-state index contributed by atoms with van der Waals surface area (Å²) in [5.41, 5.74) is 25.3. The molecule has 0 atom stereocenters. The number of aromatic nitrogens is 2. The Balaban J connectivity index is 0.000000223. The maximum atomic E-state index is 9.79. The van der Waals surface area contributed by atoms with Gasteiger partial charge >= 0.3 is 21.1 Å². The molecule has 105 heavy (non-hydrogen) atoms. The monoisotopic (exact) mass is 1580 g/mol. The van der Waals surface area contributed by atoms with Crippen molar-refractivity contribution in [2.45, 2.75) is 270 Å². The molecule has 552 valence electrons. The summed E-state index contributed by atoms with van der Waals surface area (Å²) in [7, 11) is 0.